The van der Waals surface area contributed by atoms with Gasteiger partial charge in [0.1, 0.15) is 30.8 Å². The molecule has 48 heavy (non-hydrogen) atoms. The molecular weight excluding hydrogens is 610 g/mol. The summed E-state index contributed by atoms with van der Waals surface area (Å²) in [5.74, 6) is 0.880. The highest BCUT2D eigenvalue weighted by Crippen LogP contribution is 2.64. The van der Waals surface area contributed by atoms with Gasteiger partial charge in [0.25, 0.3) is 0 Å². The maximum absolute atomic E-state index is 12.1. The molecule has 252 valence electrons. The van der Waals surface area contributed by atoms with Crippen LogP contribution in [0.5, 0.6) is 5.75 Å². The number of aromatic nitrogens is 3. The quantitative estimate of drug-likeness (QED) is 0.133. The summed E-state index contributed by atoms with van der Waals surface area (Å²) in [6.45, 7) is 11.6. The Morgan fingerprint density at radius 1 is 1.12 bits per heavy atom. The van der Waals surface area contributed by atoms with Gasteiger partial charge in [0.05, 0.1) is 30.2 Å². The fourth-order valence-electron chi connectivity index (χ4n) is 8.59. The molecule has 10 nitrogen and oxygen atoms in total. The van der Waals surface area contributed by atoms with Crippen molar-refractivity contribution in [2.45, 2.75) is 78.0 Å². The molecule has 1 N–H and O–H groups in total. The van der Waals surface area contributed by atoms with E-state index in [4.69, 9.17) is 18.9 Å². The Morgan fingerprint density at radius 2 is 1.90 bits per heavy atom. The number of Topliss-reactive ketones (excluding diaryl/α,β-unsaturated/α-hetero) is 1. The molecule has 0 bridgehead atoms. The van der Waals surface area contributed by atoms with Crippen molar-refractivity contribution in [3.63, 3.8) is 0 Å². The molecule has 2 aliphatic carbocycles. The van der Waals surface area contributed by atoms with Gasteiger partial charge in [0.15, 0.2) is 12.1 Å². The van der Waals surface area contributed by atoms with Gasteiger partial charge in [0.2, 0.25) is 0 Å². The van der Waals surface area contributed by atoms with Crippen LogP contribution in [-0.4, -0.2) is 57.3 Å². The van der Waals surface area contributed by atoms with Gasteiger partial charge in [-0.25, -0.2) is 9.48 Å². The molecule has 3 heterocycles. The zero-order valence-corrected chi connectivity index (χ0v) is 27.8. The van der Waals surface area contributed by atoms with Gasteiger partial charge in [-0.1, -0.05) is 49.4 Å². The molecule has 2 unspecified atom stereocenters. The van der Waals surface area contributed by atoms with Crippen LogP contribution in [0.25, 0.3) is 5.69 Å². The van der Waals surface area contributed by atoms with Crippen molar-refractivity contribution < 1.29 is 33.6 Å². The van der Waals surface area contributed by atoms with Crippen LogP contribution in [0.2, 0.25) is 0 Å². The number of ketones is 1. The van der Waals surface area contributed by atoms with Gasteiger partial charge >= 0.3 is 5.97 Å². The summed E-state index contributed by atoms with van der Waals surface area (Å²) in [5.41, 5.74) is 4.51. The predicted octanol–water partition coefficient (Wildman–Crippen LogP) is 6.09. The number of esters is 1. The number of nitrogens with zero attached hydrogens (tertiary/aromatic N) is 3. The standard InChI is InChI=1S/C38H43N3O7/c1-23-5-16-33-37(3,31(23)15-14-30-32(43)21-46-35(30)44)18-17-34-38(33,4)22-47-36(48-34)26-8-12-29(13-9-26)45-20-27-19-41(40-39-27)28-10-6-25(7-11-28)24(2)42/h6-14,19,31-34,36,43H,1,5,15-18,20-22H2,2-4H3/b30-14+/t31-,32-,33?,34-,36?,37-,38+/m1/s1. The summed E-state index contributed by atoms with van der Waals surface area (Å²) in [6.07, 6.45) is 6.98. The lowest BCUT2D eigenvalue weighted by atomic mass is 9.46. The highest BCUT2D eigenvalue weighted by Gasteiger charge is 2.60. The van der Waals surface area contributed by atoms with Crippen LogP contribution < -0.4 is 4.74 Å². The average Bonchev–Trinajstić information content (AvgIpc) is 3.69. The van der Waals surface area contributed by atoms with Crippen LogP contribution in [0.3, 0.4) is 0 Å². The van der Waals surface area contributed by atoms with Gasteiger partial charge < -0.3 is 24.1 Å². The molecule has 3 aromatic rings. The fraction of sp³-hybridized carbons (Fsp3) is 0.474. The second-order valence-corrected chi connectivity index (χ2v) is 14.2. The third-order valence-corrected chi connectivity index (χ3v) is 11.3. The number of allylic oxidation sites excluding steroid dienone is 2. The highest BCUT2D eigenvalue weighted by molar-refractivity contribution is 5.94. The predicted molar refractivity (Wildman–Crippen MR) is 176 cm³/mol. The number of hydrogen-bond donors (Lipinski definition) is 1. The number of aliphatic hydroxyl groups excluding tert-OH is 1. The van der Waals surface area contributed by atoms with E-state index in [0.29, 0.717) is 41.5 Å². The molecule has 2 saturated heterocycles. The number of cyclic esters (lactones) is 1. The molecular formula is C38H43N3O7. The largest absolute Gasteiger partial charge is 0.487 e. The fourth-order valence-corrected chi connectivity index (χ4v) is 8.59. The van der Waals surface area contributed by atoms with E-state index in [2.05, 4.69) is 30.7 Å². The summed E-state index contributed by atoms with van der Waals surface area (Å²) >= 11 is 0. The summed E-state index contributed by atoms with van der Waals surface area (Å²) in [7, 11) is 0. The summed E-state index contributed by atoms with van der Waals surface area (Å²) in [4.78, 5) is 23.7. The molecule has 4 aliphatic rings. The second-order valence-electron chi connectivity index (χ2n) is 14.2. The van der Waals surface area contributed by atoms with Crippen molar-refractivity contribution in [2.24, 2.45) is 22.7 Å². The molecule has 4 fully saturated rings. The number of hydrogen-bond acceptors (Lipinski definition) is 9. The third kappa shape index (κ3) is 5.90. The molecule has 2 saturated carbocycles. The minimum absolute atomic E-state index is 0.0187. The Bertz CT molecular complexity index is 1730. The number of carbonyl (C=O) groups is 2. The molecule has 0 radical (unpaired) electrons. The first-order valence-electron chi connectivity index (χ1n) is 16.8. The number of fused-ring (bicyclic) bond motifs is 3. The third-order valence-electron chi connectivity index (χ3n) is 11.3. The first-order chi connectivity index (χ1) is 23.0. The van der Waals surface area contributed by atoms with Crippen LogP contribution in [0.15, 0.2) is 78.5 Å². The smallest absolute Gasteiger partial charge is 0.336 e. The molecule has 0 amide bonds. The lowest BCUT2D eigenvalue weighted by Gasteiger charge is -2.62. The van der Waals surface area contributed by atoms with Crippen LogP contribution in [0.1, 0.15) is 80.8 Å². The van der Waals surface area contributed by atoms with Crippen LogP contribution in [0.4, 0.5) is 0 Å². The van der Waals surface area contributed by atoms with Gasteiger partial charge in [-0.05, 0) is 92.7 Å². The maximum Gasteiger partial charge on any atom is 0.336 e. The van der Waals surface area contributed by atoms with E-state index < -0.39 is 18.4 Å². The Labute approximate surface area is 280 Å². The molecule has 2 aromatic carbocycles. The molecule has 0 spiro atoms. The van der Waals surface area contributed by atoms with Crippen molar-refractivity contribution in [3.05, 3.63) is 95.3 Å². The molecule has 7 rings (SSSR count). The number of ether oxygens (including phenoxy) is 4. The first-order valence-corrected chi connectivity index (χ1v) is 16.8. The number of aliphatic hydroxyl groups is 1. The van der Waals surface area contributed by atoms with E-state index in [1.165, 1.54) is 5.57 Å². The zero-order chi connectivity index (χ0) is 33.6. The van der Waals surface area contributed by atoms with Gasteiger partial charge in [0, 0.05) is 16.5 Å². The maximum atomic E-state index is 12.1. The van der Waals surface area contributed by atoms with Gasteiger partial charge in [-0.15, -0.1) is 5.10 Å². The van der Waals surface area contributed by atoms with Crippen molar-refractivity contribution >= 4 is 11.8 Å². The van der Waals surface area contributed by atoms with E-state index in [1.807, 2.05) is 48.7 Å². The summed E-state index contributed by atoms with van der Waals surface area (Å²) < 4.78 is 25.9. The monoisotopic (exact) mass is 653 g/mol. The minimum atomic E-state index is -0.851. The second kappa shape index (κ2) is 12.7. The molecule has 10 heteroatoms. The Morgan fingerprint density at radius 3 is 2.60 bits per heavy atom. The number of carbonyl (C=O) groups excluding carboxylic acids is 2. The van der Waals surface area contributed by atoms with Crippen molar-refractivity contribution in [1.29, 1.82) is 0 Å². The SMILES string of the molecule is C=C1CCC2[C@](C)(CC[C@H]3OC(c4ccc(OCc5cn(-c6ccc(C(C)=O)cc6)nn5)cc4)OC[C@@]23C)[C@@H]1C/C=C1/C(=O)OC[C@H]1O. The Balaban J connectivity index is 0.970. The van der Waals surface area contributed by atoms with E-state index in [0.717, 1.165) is 36.9 Å². The number of benzene rings is 2. The van der Waals surface area contributed by atoms with Crippen molar-refractivity contribution in [2.75, 3.05) is 13.2 Å². The van der Waals surface area contributed by atoms with Crippen molar-refractivity contribution in [3.8, 4) is 11.4 Å². The Kier molecular flexibility index (Phi) is 8.60. The minimum Gasteiger partial charge on any atom is -0.487 e. The average molecular weight is 654 g/mol. The highest BCUT2D eigenvalue weighted by atomic mass is 16.7. The first kappa shape index (κ1) is 32.4. The number of rotatable bonds is 8. The molecule has 1 aromatic heterocycles. The van der Waals surface area contributed by atoms with Gasteiger partial charge in [-0.2, -0.15) is 0 Å². The van der Waals surface area contributed by atoms with E-state index in [1.54, 1.807) is 23.7 Å². The van der Waals surface area contributed by atoms with E-state index >= 15 is 0 Å². The van der Waals surface area contributed by atoms with Crippen LogP contribution >= 0.6 is 0 Å². The lowest BCUT2D eigenvalue weighted by molar-refractivity contribution is -0.307. The zero-order valence-electron chi connectivity index (χ0n) is 27.8. The van der Waals surface area contributed by atoms with Gasteiger partial charge in [-0.3, -0.25) is 4.79 Å². The normalized spacial score (nSPS) is 32.4. The molecule has 7 atom stereocenters. The summed E-state index contributed by atoms with van der Waals surface area (Å²) in [6, 6.07) is 15.0. The van der Waals surface area contributed by atoms with Crippen molar-refractivity contribution in [1.82, 2.24) is 15.0 Å². The van der Waals surface area contributed by atoms with Crippen LogP contribution in [0, 0.1) is 22.7 Å². The summed E-state index contributed by atoms with van der Waals surface area (Å²) in [5, 5.41) is 18.6. The Hall–Kier alpha value is -4.12. The lowest BCUT2D eigenvalue weighted by Crippen LogP contribution is -2.60. The molecule has 2 aliphatic heterocycles. The topological polar surface area (TPSA) is 122 Å². The van der Waals surface area contributed by atoms with Crippen LogP contribution in [-0.2, 0) is 25.6 Å². The van der Waals surface area contributed by atoms with E-state index in [9.17, 15) is 14.7 Å². The van der Waals surface area contributed by atoms with E-state index in [-0.39, 0.29) is 41.8 Å².